The number of furan rings is 1. The Kier molecular flexibility index (Phi) is 7.59. The zero-order valence-corrected chi connectivity index (χ0v) is 15.1. The summed E-state index contributed by atoms with van der Waals surface area (Å²) >= 11 is 0. The molecule has 0 spiro atoms. The highest BCUT2D eigenvalue weighted by Gasteiger charge is 2.26. The first-order valence-electron chi connectivity index (χ1n) is 9.13. The number of aliphatic imine (C=N–C) groups is 1. The highest BCUT2D eigenvalue weighted by molar-refractivity contribution is 5.79. The van der Waals surface area contributed by atoms with E-state index in [0.29, 0.717) is 5.76 Å². The third-order valence-corrected chi connectivity index (χ3v) is 4.33. The maximum absolute atomic E-state index is 10.5. The summed E-state index contributed by atoms with van der Waals surface area (Å²) in [5.74, 6) is 1.28. The molecule has 1 aromatic heterocycles. The van der Waals surface area contributed by atoms with Crippen LogP contribution in [0.2, 0.25) is 0 Å². The van der Waals surface area contributed by atoms with Gasteiger partial charge >= 0.3 is 0 Å². The first-order valence-corrected chi connectivity index (χ1v) is 9.13. The van der Waals surface area contributed by atoms with Crippen LogP contribution in [0.4, 0.5) is 0 Å². The number of likely N-dealkylation sites (tertiary alicyclic amines) is 1. The second-order valence-electron chi connectivity index (χ2n) is 6.63. The van der Waals surface area contributed by atoms with Crippen LogP contribution in [0.1, 0.15) is 45.3 Å². The largest absolute Gasteiger partial charge is 0.466 e. The molecule has 2 rings (SSSR count). The molecule has 1 saturated heterocycles. The Bertz CT molecular complexity index is 479. The number of nitrogens with one attached hydrogen (secondary N) is 2. The lowest BCUT2D eigenvalue weighted by molar-refractivity contribution is 0.0437. The van der Waals surface area contributed by atoms with Gasteiger partial charge in [0, 0.05) is 13.1 Å². The van der Waals surface area contributed by atoms with Gasteiger partial charge in [-0.1, -0.05) is 0 Å². The highest BCUT2D eigenvalue weighted by atomic mass is 16.4. The van der Waals surface area contributed by atoms with Crippen LogP contribution in [0.15, 0.2) is 27.8 Å². The van der Waals surface area contributed by atoms with Crippen LogP contribution >= 0.6 is 0 Å². The van der Waals surface area contributed by atoms with Gasteiger partial charge in [0.25, 0.3) is 0 Å². The van der Waals surface area contributed by atoms with Crippen molar-refractivity contribution in [2.75, 3.05) is 39.3 Å². The molecule has 0 bridgehead atoms. The minimum absolute atomic E-state index is 0.254. The molecule has 3 N–H and O–H groups in total. The lowest BCUT2D eigenvalue weighted by Gasteiger charge is -2.19. The summed E-state index contributed by atoms with van der Waals surface area (Å²) in [6.07, 6.45) is 6.60. The fraction of sp³-hybridized carbons (Fsp3) is 0.722. The van der Waals surface area contributed by atoms with Crippen LogP contribution in [0.3, 0.4) is 0 Å². The molecular formula is C18H32N4O2. The summed E-state index contributed by atoms with van der Waals surface area (Å²) in [7, 11) is 0. The Morgan fingerprint density at radius 2 is 2.12 bits per heavy atom. The van der Waals surface area contributed by atoms with Gasteiger partial charge in [0.2, 0.25) is 0 Å². The van der Waals surface area contributed by atoms with Crippen molar-refractivity contribution in [2.45, 2.75) is 45.1 Å². The molecule has 0 aliphatic carbocycles. The zero-order chi connectivity index (χ0) is 17.3. The average Bonchev–Trinajstić information content (AvgIpc) is 3.25. The van der Waals surface area contributed by atoms with Crippen LogP contribution < -0.4 is 10.6 Å². The lowest BCUT2D eigenvalue weighted by atomic mass is 10.0. The Morgan fingerprint density at radius 1 is 1.33 bits per heavy atom. The summed E-state index contributed by atoms with van der Waals surface area (Å²) in [6, 6.07) is 3.55. The van der Waals surface area contributed by atoms with Crippen molar-refractivity contribution in [1.82, 2.24) is 15.5 Å². The molecule has 1 aliphatic rings. The fourth-order valence-electron chi connectivity index (χ4n) is 2.91. The van der Waals surface area contributed by atoms with Crippen LogP contribution in [-0.4, -0.2) is 55.2 Å². The number of rotatable bonds is 9. The van der Waals surface area contributed by atoms with Gasteiger partial charge < -0.3 is 25.1 Å². The normalized spacial score (nSPS) is 18.5. The number of aliphatic hydroxyl groups is 1. The predicted octanol–water partition coefficient (Wildman–Crippen LogP) is 1.92. The average molecular weight is 336 g/mol. The molecule has 24 heavy (non-hydrogen) atoms. The number of unbranched alkanes of at least 4 members (excludes halogenated alkanes) is 1. The number of guanidine groups is 1. The van der Waals surface area contributed by atoms with Gasteiger partial charge in [-0.05, 0) is 71.3 Å². The molecule has 6 heteroatoms. The van der Waals surface area contributed by atoms with Crippen LogP contribution in [0.25, 0.3) is 0 Å². The molecule has 1 aliphatic heterocycles. The molecule has 1 fully saturated rings. The molecule has 0 saturated carbocycles. The topological polar surface area (TPSA) is 73.0 Å². The van der Waals surface area contributed by atoms with Crippen molar-refractivity contribution < 1.29 is 9.52 Å². The molecule has 136 valence electrons. The Labute approximate surface area is 145 Å². The summed E-state index contributed by atoms with van der Waals surface area (Å²) in [6.45, 7) is 9.42. The maximum Gasteiger partial charge on any atom is 0.191 e. The van der Waals surface area contributed by atoms with Gasteiger partial charge in [-0.25, -0.2) is 4.99 Å². The van der Waals surface area contributed by atoms with Crippen molar-refractivity contribution in [3.63, 3.8) is 0 Å². The molecule has 1 unspecified atom stereocenters. The number of nitrogens with zero attached hydrogens (tertiary/aromatic N) is 2. The number of hydrogen-bond donors (Lipinski definition) is 3. The number of hydrogen-bond acceptors (Lipinski definition) is 4. The Morgan fingerprint density at radius 3 is 2.79 bits per heavy atom. The van der Waals surface area contributed by atoms with Crippen LogP contribution in [0, 0.1) is 0 Å². The minimum atomic E-state index is -1.10. The molecule has 0 aromatic carbocycles. The van der Waals surface area contributed by atoms with Crippen molar-refractivity contribution in [1.29, 1.82) is 0 Å². The monoisotopic (exact) mass is 336 g/mol. The summed E-state index contributed by atoms with van der Waals surface area (Å²) in [4.78, 5) is 7.03. The van der Waals surface area contributed by atoms with E-state index in [1.807, 2.05) is 6.92 Å². The summed E-state index contributed by atoms with van der Waals surface area (Å²) in [5, 5.41) is 17.0. The minimum Gasteiger partial charge on any atom is -0.466 e. The van der Waals surface area contributed by atoms with E-state index in [1.54, 1.807) is 25.3 Å². The van der Waals surface area contributed by atoms with Gasteiger partial charge in [0.1, 0.15) is 11.4 Å². The SMILES string of the molecule is CCNC(=NCC(C)(O)c1ccco1)NCCCCN1CCCC1. The standard InChI is InChI=1S/C18H32N4O2/c1-3-19-17(20-10-4-5-11-22-12-6-7-13-22)21-15-18(2,23)16-9-8-14-24-16/h8-9,14,23H,3-7,10-13,15H2,1-2H3,(H2,19,20,21). The van der Waals surface area contributed by atoms with Gasteiger partial charge in [-0.2, -0.15) is 0 Å². The molecule has 0 amide bonds. The molecule has 6 nitrogen and oxygen atoms in total. The first kappa shape index (κ1) is 18.8. The Balaban J connectivity index is 1.71. The van der Waals surface area contributed by atoms with E-state index in [2.05, 4.69) is 20.5 Å². The third kappa shape index (κ3) is 6.17. The van der Waals surface area contributed by atoms with E-state index in [1.165, 1.54) is 38.9 Å². The van der Waals surface area contributed by atoms with Crippen molar-refractivity contribution in [3.05, 3.63) is 24.2 Å². The quantitative estimate of drug-likeness (QED) is 0.365. The molecule has 1 aromatic rings. The van der Waals surface area contributed by atoms with Crippen molar-refractivity contribution in [2.24, 2.45) is 4.99 Å². The lowest BCUT2D eigenvalue weighted by Crippen LogP contribution is -2.39. The van der Waals surface area contributed by atoms with Gasteiger partial charge in [0.15, 0.2) is 5.96 Å². The second kappa shape index (κ2) is 9.69. The van der Waals surface area contributed by atoms with E-state index in [-0.39, 0.29) is 6.54 Å². The van der Waals surface area contributed by atoms with E-state index >= 15 is 0 Å². The van der Waals surface area contributed by atoms with Crippen molar-refractivity contribution in [3.8, 4) is 0 Å². The summed E-state index contributed by atoms with van der Waals surface area (Å²) < 4.78 is 5.29. The van der Waals surface area contributed by atoms with E-state index in [0.717, 1.165) is 25.5 Å². The van der Waals surface area contributed by atoms with Gasteiger partial charge in [0.05, 0.1) is 12.8 Å². The Hall–Kier alpha value is -1.53. The molecule has 1 atom stereocenters. The first-order chi connectivity index (χ1) is 11.6. The van der Waals surface area contributed by atoms with Crippen LogP contribution in [-0.2, 0) is 5.60 Å². The maximum atomic E-state index is 10.5. The smallest absolute Gasteiger partial charge is 0.191 e. The zero-order valence-electron chi connectivity index (χ0n) is 15.1. The van der Waals surface area contributed by atoms with Crippen LogP contribution in [0.5, 0.6) is 0 Å². The summed E-state index contributed by atoms with van der Waals surface area (Å²) in [5.41, 5.74) is -1.10. The second-order valence-corrected chi connectivity index (χ2v) is 6.63. The molecule has 0 radical (unpaired) electrons. The molecular weight excluding hydrogens is 304 g/mol. The van der Waals surface area contributed by atoms with E-state index in [4.69, 9.17) is 4.42 Å². The highest BCUT2D eigenvalue weighted by Crippen LogP contribution is 2.20. The third-order valence-electron chi connectivity index (χ3n) is 4.33. The van der Waals surface area contributed by atoms with Gasteiger partial charge in [-0.3, -0.25) is 0 Å². The van der Waals surface area contributed by atoms with E-state index < -0.39 is 5.60 Å². The van der Waals surface area contributed by atoms with Crippen molar-refractivity contribution >= 4 is 5.96 Å². The predicted molar refractivity (Wildman–Crippen MR) is 97.2 cm³/mol. The van der Waals surface area contributed by atoms with Gasteiger partial charge in [-0.15, -0.1) is 0 Å². The van der Waals surface area contributed by atoms with E-state index in [9.17, 15) is 5.11 Å². The molecule has 2 heterocycles. The fourth-order valence-corrected chi connectivity index (χ4v) is 2.91.